The van der Waals surface area contributed by atoms with E-state index in [9.17, 15) is 9.59 Å². The van der Waals surface area contributed by atoms with Gasteiger partial charge in [-0.2, -0.15) is 0 Å². The average Bonchev–Trinajstić information content (AvgIpc) is 3.24. The van der Waals surface area contributed by atoms with Crippen molar-refractivity contribution in [1.82, 2.24) is 19.8 Å². The molecule has 0 saturated carbocycles. The van der Waals surface area contributed by atoms with E-state index in [0.29, 0.717) is 19.6 Å². The standard InChI is InChI=1S/C16H20N4O2S/c1-19-8-6-17-14(19)10-18-16(22)20-7-2-4-12(11-20)15(21)13-5-3-9-23-13/h3,5-6,8-9,12H,2,4,7,10-11H2,1H3,(H,18,22)/t12-/m0/s1. The van der Waals surface area contributed by atoms with Crippen LogP contribution in [0, 0.1) is 5.92 Å². The normalized spacial score (nSPS) is 18.0. The summed E-state index contributed by atoms with van der Waals surface area (Å²) in [5.74, 6) is 0.865. The predicted molar refractivity (Wildman–Crippen MR) is 88.4 cm³/mol. The van der Waals surface area contributed by atoms with Crippen LogP contribution in [-0.4, -0.2) is 39.4 Å². The molecule has 0 spiro atoms. The van der Waals surface area contributed by atoms with Crippen LogP contribution in [0.3, 0.4) is 0 Å². The van der Waals surface area contributed by atoms with Crippen molar-refractivity contribution < 1.29 is 9.59 Å². The Labute approximate surface area is 139 Å². The fourth-order valence-electron chi connectivity index (χ4n) is 2.83. The molecular weight excluding hydrogens is 312 g/mol. The molecule has 1 aliphatic rings. The van der Waals surface area contributed by atoms with Gasteiger partial charge in [-0.1, -0.05) is 6.07 Å². The molecule has 0 aromatic carbocycles. The highest BCUT2D eigenvalue weighted by molar-refractivity contribution is 7.12. The number of hydrogen-bond acceptors (Lipinski definition) is 4. The molecule has 0 radical (unpaired) electrons. The first kappa shape index (κ1) is 15.7. The molecule has 23 heavy (non-hydrogen) atoms. The van der Waals surface area contributed by atoms with E-state index in [1.54, 1.807) is 11.1 Å². The van der Waals surface area contributed by atoms with Gasteiger partial charge in [0.25, 0.3) is 0 Å². The van der Waals surface area contributed by atoms with Gasteiger partial charge < -0.3 is 14.8 Å². The molecule has 2 aromatic heterocycles. The smallest absolute Gasteiger partial charge is 0.317 e. The zero-order valence-electron chi connectivity index (χ0n) is 13.1. The maximum absolute atomic E-state index is 12.5. The molecule has 7 heteroatoms. The van der Waals surface area contributed by atoms with E-state index in [-0.39, 0.29) is 17.7 Å². The minimum atomic E-state index is -0.128. The second-order valence-corrected chi connectivity index (χ2v) is 6.69. The number of likely N-dealkylation sites (tertiary alicyclic amines) is 1. The number of piperidine rings is 1. The van der Waals surface area contributed by atoms with E-state index in [4.69, 9.17) is 0 Å². The van der Waals surface area contributed by atoms with Crippen molar-refractivity contribution in [3.05, 3.63) is 40.6 Å². The summed E-state index contributed by atoms with van der Waals surface area (Å²) in [5.41, 5.74) is 0. The Morgan fingerprint density at radius 3 is 3.04 bits per heavy atom. The molecule has 0 bridgehead atoms. The molecule has 3 heterocycles. The first-order valence-electron chi connectivity index (χ1n) is 7.72. The van der Waals surface area contributed by atoms with Crippen LogP contribution >= 0.6 is 11.3 Å². The number of rotatable bonds is 4. The van der Waals surface area contributed by atoms with Crippen LogP contribution in [0.2, 0.25) is 0 Å². The molecule has 2 aromatic rings. The largest absolute Gasteiger partial charge is 0.337 e. The summed E-state index contributed by atoms with van der Waals surface area (Å²) >= 11 is 1.46. The minimum absolute atomic E-state index is 0.0960. The summed E-state index contributed by atoms with van der Waals surface area (Å²) in [5, 5.41) is 4.79. The predicted octanol–water partition coefficient (Wildman–Crippen LogP) is 2.29. The number of carbonyl (C=O) groups excluding carboxylic acids is 2. The Hall–Kier alpha value is -2.15. The highest BCUT2D eigenvalue weighted by atomic mass is 32.1. The van der Waals surface area contributed by atoms with Crippen LogP contribution in [0.25, 0.3) is 0 Å². The third kappa shape index (κ3) is 3.61. The molecule has 1 atom stereocenters. The molecule has 0 aliphatic carbocycles. The Kier molecular flexibility index (Phi) is 4.76. The third-order valence-electron chi connectivity index (χ3n) is 4.16. The molecule has 1 aliphatic heterocycles. The third-order valence-corrected chi connectivity index (χ3v) is 5.05. The van der Waals surface area contributed by atoms with Crippen molar-refractivity contribution in [1.29, 1.82) is 0 Å². The van der Waals surface area contributed by atoms with Gasteiger partial charge in [0.05, 0.1) is 11.4 Å². The Bertz CT molecular complexity index is 680. The highest BCUT2D eigenvalue weighted by Gasteiger charge is 2.29. The van der Waals surface area contributed by atoms with Crippen molar-refractivity contribution in [2.45, 2.75) is 19.4 Å². The number of nitrogens with zero attached hydrogens (tertiary/aromatic N) is 3. The first-order chi connectivity index (χ1) is 11.1. The van der Waals surface area contributed by atoms with E-state index in [1.807, 2.05) is 35.3 Å². The van der Waals surface area contributed by atoms with Gasteiger partial charge in [0.1, 0.15) is 5.82 Å². The lowest BCUT2D eigenvalue weighted by molar-refractivity contribution is 0.0849. The van der Waals surface area contributed by atoms with E-state index < -0.39 is 0 Å². The summed E-state index contributed by atoms with van der Waals surface area (Å²) in [6.45, 7) is 1.58. The van der Waals surface area contributed by atoms with E-state index >= 15 is 0 Å². The van der Waals surface area contributed by atoms with Gasteiger partial charge in [-0.15, -0.1) is 11.3 Å². The Morgan fingerprint density at radius 2 is 2.35 bits per heavy atom. The van der Waals surface area contributed by atoms with Crippen molar-refractivity contribution in [2.75, 3.05) is 13.1 Å². The monoisotopic (exact) mass is 332 g/mol. The lowest BCUT2D eigenvalue weighted by Crippen LogP contribution is -2.46. The molecule has 1 saturated heterocycles. The number of carbonyl (C=O) groups is 2. The van der Waals surface area contributed by atoms with Crippen molar-refractivity contribution in [2.24, 2.45) is 13.0 Å². The Morgan fingerprint density at radius 1 is 1.48 bits per heavy atom. The molecule has 1 fully saturated rings. The average molecular weight is 332 g/mol. The van der Waals surface area contributed by atoms with Crippen LogP contribution in [0.1, 0.15) is 28.3 Å². The minimum Gasteiger partial charge on any atom is -0.337 e. The fourth-order valence-corrected chi connectivity index (χ4v) is 3.57. The van der Waals surface area contributed by atoms with Gasteiger partial charge >= 0.3 is 6.03 Å². The van der Waals surface area contributed by atoms with E-state index in [0.717, 1.165) is 23.5 Å². The number of hydrogen-bond donors (Lipinski definition) is 1. The van der Waals surface area contributed by atoms with Gasteiger partial charge in [0, 0.05) is 38.4 Å². The molecule has 122 valence electrons. The van der Waals surface area contributed by atoms with Gasteiger partial charge in [0.2, 0.25) is 0 Å². The maximum Gasteiger partial charge on any atom is 0.317 e. The second kappa shape index (κ2) is 6.95. The number of aromatic nitrogens is 2. The summed E-state index contributed by atoms with van der Waals surface area (Å²) in [4.78, 5) is 31.5. The summed E-state index contributed by atoms with van der Waals surface area (Å²) in [6.07, 6.45) is 5.26. The summed E-state index contributed by atoms with van der Waals surface area (Å²) in [6, 6.07) is 3.61. The quantitative estimate of drug-likeness (QED) is 0.874. The molecule has 2 amide bonds. The number of ketones is 1. The molecular formula is C16H20N4O2S. The number of urea groups is 1. The lowest BCUT2D eigenvalue weighted by Gasteiger charge is -2.31. The second-order valence-electron chi connectivity index (χ2n) is 5.74. The lowest BCUT2D eigenvalue weighted by atomic mass is 9.93. The van der Waals surface area contributed by atoms with Gasteiger partial charge in [-0.25, -0.2) is 9.78 Å². The van der Waals surface area contributed by atoms with Gasteiger partial charge in [-0.3, -0.25) is 4.79 Å². The number of amides is 2. The number of Topliss-reactive ketones (excluding diaryl/α,β-unsaturated/α-hetero) is 1. The number of aryl methyl sites for hydroxylation is 1. The molecule has 6 nitrogen and oxygen atoms in total. The van der Waals surface area contributed by atoms with Crippen LogP contribution in [0.5, 0.6) is 0 Å². The van der Waals surface area contributed by atoms with Crippen LogP contribution in [-0.2, 0) is 13.6 Å². The van der Waals surface area contributed by atoms with Crippen LogP contribution in [0.15, 0.2) is 29.9 Å². The zero-order valence-corrected chi connectivity index (χ0v) is 13.9. The van der Waals surface area contributed by atoms with Crippen LogP contribution < -0.4 is 5.32 Å². The van der Waals surface area contributed by atoms with Gasteiger partial charge in [0.15, 0.2) is 5.78 Å². The summed E-state index contributed by atoms with van der Waals surface area (Å²) < 4.78 is 1.87. The summed E-state index contributed by atoms with van der Waals surface area (Å²) in [7, 11) is 1.89. The maximum atomic E-state index is 12.5. The first-order valence-corrected chi connectivity index (χ1v) is 8.60. The van der Waals surface area contributed by atoms with E-state index in [2.05, 4.69) is 10.3 Å². The molecule has 0 unspecified atom stereocenters. The zero-order chi connectivity index (χ0) is 16.2. The SMILES string of the molecule is Cn1ccnc1CNC(=O)N1CCC[C@H](C(=O)c2cccs2)C1. The number of thiophene rings is 1. The topological polar surface area (TPSA) is 67.2 Å². The van der Waals surface area contributed by atoms with Gasteiger partial charge in [-0.05, 0) is 24.3 Å². The number of nitrogens with one attached hydrogen (secondary N) is 1. The molecule has 1 N–H and O–H groups in total. The number of imidazole rings is 1. The van der Waals surface area contributed by atoms with E-state index in [1.165, 1.54) is 11.3 Å². The van der Waals surface area contributed by atoms with Crippen LogP contribution in [0.4, 0.5) is 4.79 Å². The van der Waals surface area contributed by atoms with Crippen molar-refractivity contribution in [3.63, 3.8) is 0 Å². The van der Waals surface area contributed by atoms with Crippen molar-refractivity contribution in [3.8, 4) is 0 Å². The highest BCUT2D eigenvalue weighted by Crippen LogP contribution is 2.23. The fraction of sp³-hybridized carbons (Fsp3) is 0.438. The molecule has 3 rings (SSSR count). The Balaban J connectivity index is 1.56. The van der Waals surface area contributed by atoms with Crippen molar-refractivity contribution >= 4 is 23.2 Å².